The summed E-state index contributed by atoms with van der Waals surface area (Å²) in [5.41, 5.74) is 1.87. The molecule has 2 heterocycles. The standard InChI is InChI=1S/C20H19BrN4O3S/c21-16-13-22-25(14-16)18-7-3-15(4-8-18)20(26)23-17-5-9-19(10-6-17)29(27,28)24-11-1-2-12-24/h3-10,13-14H,1-2,11-12H2,(H,23,26). The van der Waals surface area contributed by atoms with E-state index in [0.717, 1.165) is 23.0 Å². The van der Waals surface area contributed by atoms with Gasteiger partial charge in [-0.1, -0.05) is 0 Å². The third kappa shape index (κ3) is 4.26. The van der Waals surface area contributed by atoms with Crippen LogP contribution in [0.15, 0.2) is 70.3 Å². The van der Waals surface area contributed by atoms with Crippen molar-refractivity contribution in [2.75, 3.05) is 18.4 Å². The summed E-state index contributed by atoms with van der Waals surface area (Å²) in [6, 6.07) is 13.3. The van der Waals surface area contributed by atoms with Crippen molar-refractivity contribution in [2.45, 2.75) is 17.7 Å². The lowest BCUT2D eigenvalue weighted by Crippen LogP contribution is -2.27. The van der Waals surface area contributed by atoms with Gasteiger partial charge >= 0.3 is 0 Å². The highest BCUT2D eigenvalue weighted by atomic mass is 79.9. The Balaban J connectivity index is 1.44. The molecule has 9 heteroatoms. The van der Waals surface area contributed by atoms with E-state index in [1.807, 2.05) is 6.20 Å². The number of amides is 1. The molecule has 1 fully saturated rings. The molecular formula is C20H19BrN4O3S. The first kappa shape index (κ1) is 19.8. The summed E-state index contributed by atoms with van der Waals surface area (Å²) in [6.07, 6.45) is 5.30. The number of benzene rings is 2. The number of carbonyl (C=O) groups is 1. The monoisotopic (exact) mass is 474 g/mol. The molecule has 0 saturated carbocycles. The number of rotatable bonds is 5. The second-order valence-corrected chi connectivity index (χ2v) is 9.59. The number of carbonyl (C=O) groups excluding carboxylic acids is 1. The largest absolute Gasteiger partial charge is 0.322 e. The SMILES string of the molecule is O=C(Nc1ccc(S(=O)(=O)N2CCCC2)cc1)c1ccc(-n2cc(Br)cn2)cc1. The van der Waals surface area contributed by atoms with Crippen molar-refractivity contribution in [1.82, 2.24) is 14.1 Å². The van der Waals surface area contributed by atoms with Crippen molar-refractivity contribution in [1.29, 1.82) is 0 Å². The molecule has 0 atom stereocenters. The van der Waals surface area contributed by atoms with Gasteiger partial charge in [0, 0.05) is 30.5 Å². The van der Waals surface area contributed by atoms with Gasteiger partial charge in [-0.3, -0.25) is 4.79 Å². The second kappa shape index (κ2) is 8.10. The van der Waals surface area contributed by atoms with Gasteiger partial charge in [-0.05, 0) is 77.3 Å². The van der Waals surface area contributed by atoms with Gasteiger partial charge in [-0.2, -0.15) is 9.40 Å². The number of nitrogens with zero attached hydrogens (tertiary/aromatic N) is 3. The fourth-order valence-electron chi connectivity index (χ4n) is 3.20. The van der Waals surface area contributed by atoms with E-state index in [2.05, 4.69) is 26.3 Å². The van der Waals surface area contributed by atoms with Gasteiger partial charge in [-0.15, -0.1) is 0 Å². The first-order valence-corrected chi connectivity index (χ1v) is 11.4. The van der Waals surface area contributed by atoms with E-state index in [1.54, 1.807) is 47.3 Å². The number of sulfonamides is 1. The molecule has 0 aliphatic carbocycles. The minimum absolute atomic E-state index is 0.243. The summed E-state index contributed by atoms with van der Waals surface area (Å²) in [6.45, 7) is 1.12. The molecule has 1 aliphatic rings. The van der Waals surface area contributed by atoms with Gasteiger partial charge < -0.3 is 5.32 Å². The van der Waals surface area contributed by atoms with Crippen LogP contribution in [0.25, 0.3) is 5.69 Å². The molecule has 2 aromatic carbocycles. The maximum Gasteiger partial charge on any atom is 0.255 e. The molecule has 150 valence electrons. The molecule has 0 bridgehead atoms. The van der Waals surface area contributed by atoms with Crippen molar-refractivity contribution in [3.63, 3.8) is 0 Å². The van der Waals surface area contributed by atoms with E-state index in [0.29, 0.717) is 24.3 Å². The Bertz CT molecular complexity index is 1120. The smallest absolute Gasteiger partial charge is 0.255 e. The van der Waals surface area contributed by atoms with Crippen LogP contribution in [0.3, 0.4) is 0 Å². The lowest BCUT2D eigenvalue weighted by atomic mass is 10.2. The molecule has 1 aliphatic heterocycles. The normalized spacial score (nSPS) is 14.8. The zero-order chi connectivity index (χ0) is 20.4. The highest BCUT2D eigenvalue weighted by Gasteiger charge is 2.26. The zero-order valence-electron chi connectivity index (χ0n) is 15.5. The van der Waals surface area contributed by atoms with Crippen molar-refractivity contribution in [3.8, 4) is 5.69 Å². The molecule has 4 rings (SSSR count). The summed E-state index contributed by atoms with van der Waals surface area (Å²) >= 11 is 3.35. The van der Waals surface area contributed by atoms with Gasteiger partial charge in [0.1, 0.15) is 0 Å². The Morgan fingerprint density at radius 2 is 1.66 bits per heavy atom. The average Bonchev–Trinajstić information content (AvgIpc) is 3.41. The van der Waals surface area contributed by atoms with Gasteiger partial charge in [0.25, 0.3) is 5.91 Å². The van der Waals surface area contributed by atoms with Gasteiger partial charge in [0.15, 0.2) is 0 Å². The fraction of sp³-hybridized carbons (Fsp3) is 0.200. The number of halogens is 1. The van der Waals surface area contributed by atoms with E-state index in [4.69, 9.17) is 0 Å². The van der Waals surface area contributed by atoms with Crippen LogP contribution >= 0.6 is 15.9 Å². The van der Waals surface area contributed by atoms with Crippen LogP contribution in [-0.4, -0.2) is 41.5 Å². The summed E-state index contributed by atoms with van der Waals surface area (Å²) in [5, 5.41) is 6.99. The van der Waals surface area contributed by atoms with E-state index < -0.39 is 10.0 Å². The average molecular weight is 475 g/mol. The molecule has 29 heavy (non-hydrogen) atoms. The Morgan fingerprint density at radius 3 is 2.24 bits per heavy atom. The number of anilines is 1. The second-order valence-electron chi connectivity index (χ2n) is 6.74. The third-order valence-electron chi connectivity index (χ3n) is 4.76. The summed E-state index contributed by atoms with van der Waals surface area (Å²) in [4.78, 5) is 12.7. The van der Waals surface area contributed by atoms with Crippen LogP contribution in [0.2, 0.25) is 0 Å². The van der Waals surface area contributed by atoms with Crippen LogP contribution in [0.4, 0.5) is 5.69 Å². The van der Waals surface area contributed by atoms with E-state index in [9.17, 15) is 13.2 Å². The van der Waals surface area contributed by atoms with Crippen LogP contribution in [0, 0.1) is 0 Å². The topological polar surface area (TPSA) is 84.3 Å². The maximum atomic E-state index is 12.6. The number of nitrogens with one attached hydrogen (secondary N) is 1. The van der Waals surface area contributed by atoms with Gasteiger partial charge in [-0.25, -0.2) is 13.1 Å². The summed E-state index contributed by atoms with van der Waals surface area (Å²) in [5.74, 6) is -0.270. The molecule has 1 aromatic heterocycles. The molecule has 1 N–H and O–H groups in total. The van der Waals surface area contributed by atoms with Gasteiger partial charge in [0.2, 0.25) is 10.0 Å². The van der Waals surface area contributed by atoms with E-state index in [-0.39, 0.29) is 10.8 Å². The maximum absolute atomic E-state index is 12.6. The summed E-state index contributed by atoms with van der Waals surface area (Å²) in [7, 11) is -3.46. The van der Waals surface area contributed by atoms with E-state index in [1.165, 1.54) is 16.4 Å². The minimum atomic E-state index is -3.46. The molecule has 1 amide bonds. The molecule has 1 saturated heterocycles. The zero-order valence-corrected chi connectivity index (χ0v) is 17.9. The lowest BCUT2D eigenvalue weighted by molar-refractivity contribution is 0.102. The Hall–Kier alpha value is -2.49. The Morgan fingerprint density at radius 1 is 1.00 bits per heavy atom. The predicted octanol–water partition coefficient (Wildman–Crippen LogP) is 3.67. The molecule has 7 nitrogen and oxygen atoms in total. The van der Waals surface area contributed by atoms with Crippen LogP contribution in [-0.2, 0) is 10.0 Å². The van der Waals surface area contributed by atoms with Crippen molar-refractivity contribution < 1.29 is 13.2 Å². The number of hydrogen-bond acceptors (Lipinski definition) is 4. The fourth-order valence-corrected chi connectivity index (χ4v) is 5.00. The third-order valence-corrected chi connectivity index (χ3v) is 7.08. The first-order valence-electron chi connectivity index (χ1n) is 9.16. The Kier molecular flexibility index (Phi) is 5.53. The molecule has 3 aromatic rings. The van der Waals surface area contributed by atoms with Crippen molar-refractivity contribution >= 4 is 37.5 Å². The van der Waals surface area contributed by atoms with Crippen molar-refractivity contribution in [3.05, 3.63) is 71.0 Å². The predicted molar refractivity (Wildman–Crippen MR) is 114 cm³/mol. The highest BCUT2D eigenvalue weighted by Crippen LogP contribution is 2.22. The minimum Gasteiger partial charge on any atom is -0.322 e. The first-order chi connectivity index (χ1) is 13.9. The lowest BCUT2D eigenvalue weighted by Gasteiger charge is -2.15. The van der Waals surface area contributed by atoms with Gasteiger partial charge in [0.05, 0.1) is 21.3 Å². The van der Waals surface area contributed by atoms with E-state index >= 15 is 0 Å². The highest BCUT2D eigenvalue weighted by molar-refractivity contribution is 9.10. The molecule has 0 spiro atoms. The summed E-state index contributed by atoms with van der Waals surface area (Å²) < 4.78 is 29.2. The molecule has 0 unspecified atom stereocenters. The quantitative estimate of drug-likeness (QED) is 0.611. The number of hydrogen-bond donors (Lipinski definition) is 1. The van der Waals surface area contributed by atoms with Crippen LogP contribution < -0.4 is 5.32 Å². The van der Waals surface area contributed by atoms with Crippen molar-refractivity contribution in [2.24, 2.45) is 0 Å². The molecular weight excluding hydrogens is 456 g/mol. The number of aromatic nitrogens is 2. The molecule has 0 radical (unpaired) electrons. The Labute approximate surface area is 177 Å². The van der Waals surface area contributed by atoms with Crippen LogP contribution in [0.5, 0.6) is 0 Å². The van der Waals surface area contributed by atoms with Crippen LogP contribution in [0.1, 0.15) is 23.2 Å².